The molecule has 190 valence electrons. The molecule has 2 aliphatic carbocycles. The van der Waals surface area contributed by atoms with Crippen molar-refractivity contribution < 1.29 is 0 Å². The van der Waals surface area contributed by atoms with Crippen LogP contribution in [0.15, 0.2) is 97.1 Å². The number of hydrogen-bond acceptors (Lipinski definition) is 0. The van der Waals surface area contributed by atoms with Crippen molar-refractivity contribution in [2.24, 2.45) is 0 Å². The molecule has 0 saturated heterocycles. The van der Waals surface area contributed by atoms with Crippen LogP contribution >= 0.6 is 0 Å². The van der Waals surface area contributed by atoms with Gasteiger partial charge in [0.05, 0.1) is 0 Å². The molecule has 38 heavy (non-hydrogen) atoms. The van der Waals surface area contributed by atoms with Crippen molar-refractivity contribution in [2.45, 2.75) is 76.0 Å². The number of hydrogen-bond donors (Lipinski definition) is 0. The molecule has 0 aromatic heterocycles. The van der Waals surface area contributed by atoms with Gasteiger partial charge in [0.15, 0.2) is 0 Å². The van der Waals surface area contributed by atoms with E-state index in [9.17, 15) is 0 Å². The third-order valence-electron chi connectivity index (χ3n) is 9.44. The first-order valence-corrected chi connectivity index (χ1v) is 15.0. The monoisotopic (exact) mass is 494 g/mol. The molecule has 7 rings (SSSR count). The van der Waals surface area contributed by atoms with Crippen molar-refractivity contribution in [2.75, 3.05) is 0 Å². The SMILES string of the molecule is c1cc(C2CCCCC2)ccc1-c1ccc2cc3cc(-c4ccc(C5CCCCC5)cc4)ccc3cc2c1. The summed E-state index contributed by atoms with van der Waals surface area (Å²) in [4.78, 5) is 0. The predicted octanol–water partition coefficient (Wildman–Crippen LogP) is 11.4. The van der Waals surface area contributed by atoms with E-state index in [1.165, 1.54) is 119 Å². The van der Waals surface area contributed by atoms with E-state index in [-0.39, 0.29) is 0 Å². The lowest BCUT2D eigenvalue weighted by molar-refractivity contribution is 0.443. The quantitative estimate of drug-likeness (QED) is 0.218. The van der Waals surface area contributed by atoms with Crippen molar-refractivity contribution in [1.82, 2.24) is 0 Å². The molecule has 2 fully saturated rings. The Morgan fingerprint density at radius 2 is 0.684 bits per heavy atom. The summed E-state index contributed by atoms with van der Waals surface area (Å²) in [5.41, 5.74) is 8.31. The highest BCUT2D eigenvalue weighted by molar-refractivity contribution is 6.01. The molecule has 0 spiro atoms. The maximum absolute atomic E-state index is 2.37. The molecule has 0 amide bonds. The fourth-order valence-corrected chi connectivity index (χ4v) is 7.12. The maximum atomic E-state index is 2.37. The number of benzene rings is 5. The minimum absolute atomic E-state index is 0.764. The highest BCUT2D eigenvalue weighted by Crippen LogP contribution is 2.36. The lowest BCUT2D eigenvalue weighted by atomic mass is 9.83. The normalized spacial score (nSPS) is 17.3. The van der Waals surface area contributed by atoms with E-state index in [4.69, 9.17) is 0 Å². The lowest BCUT2D eigenvalue weighted by Crippen LogP contribution is -2.04. The Kier molecular flexibility index (Phi) is 6.50. The first kappa shape index (κ1) is 23.7. The molecule has 0 atom stereocenters. The van der Waals surface area contributed by atoms with E-state index in [1.54, 1.807) is 0 Å². The molecule has 0 heteroatoms. The fourth-order valence-electron chi connectivity index (χ4n) is 7.12. The summed E-state index contributed by atoms with van der Waals surface area (Å²) in [6.07, 6.45) is 13.8. The fraction of sp³-hybridized carbons (Fsp3) is 0.316. The van der Waals surface area contributed by atoms with E-state index >= 15 is 0 Å². The molecule has 0 aliphatic heterocycles. The van der Waals surface area contributed by atoms with Gasteiger partial charge in [0.2, 0.25) is 0 Å². The zero-order chi connectivity index (χ0) is 25.3. The van der Waals surface area contributed by atoms with Crippen LogP contribution in [-0.4, -0.2) is 0 Å². The summed E-state index contributed by atoms with van der Waals surface area (Å²) in [5.74, 6) is 1.53. The molecule has 2 saturated carbocycles. The van der Waals surface area contributed by atoms with Gasteiger partial charge in [0, 0.05) is 0 Å². The summed E-state index contributed by atoms with van der Waals surface area (Å²) >= 11 is 0. The Morgan fingerprint density at radius 1 is 0.316 bits per heavy atom. The molecule has 0 N–H and O–H groups in total. The standard InChI is InChI=1S/C38H38/c1-3-7-27(8-4-1)29-11-15-31(16-12-29)33-19-21-35-26-38-24-34(20-22-36(38)25-37(35)23-33)32-17-13-30(14-18-32)28-9-5-2-6-10-28/h11-28H,1-10H2. The van der Waals surface area contributed by atoms with Gasteiger partial charge in [-0.3, -0.25) is 0 Å². The first-order valence-electron chi connectivity index (χ1n) is 15.0. The molecule has 0 bridgehead atoms. The zero-order valence-electron chi connectivity index (χ0n) is 22.5. The van der Waals surface area contributed by atoms with Gasteiger partial charge in [0.1, 0.15) is 0 Å². The van der Waals surface area contributed by atoms with Crippen molar-refractivity contribution >= 4 is 21.5 Å². The summed E-state index contributed by atoms with van der Waals surface area (Å²) < 4.78 is 0. The predicted molar refractivity (Wildman–Crippen MR) is 164 cm³/mol. The lowest BCUT2D eigenvalue weighted by Gasteiger charge is -2.22. The van der Waals surface area contributed by atoms with Crippen molar-refractivity contribution in [3.8, 4) is 22.3 Å². The minimum Gasteiger partial charge on any atom is -0.0581 e. The van der Waals surface area contributed by atoms with Crippen LogP contribution in [0.2, 0.25) is 0 Å². The van der Waals surface area contributed by atoms with Crippen molar-refractivity contribution in [3.05, 3.63) is 108 Å². The van der Waals surface area contributed by atoms with E-state index in [2.05, 4.69) is 97.1 Å². The van der Waals surface area contributed by atoms with Gasteiger partial charge in [-0.05, 0) is 117 Å². The molecule has 0 nitrogen and oxygen atoms in total. The van der Waals surface area contributed by atoms with E-state index in [0.29, 0.717) is 0 Å². The molecule has 0 radical (unpaired) electrons. The second kappa shape index (κ2) is 10.4. The zero-order valence-corrected chi connectivity index (χ0v) is 22.5. The van der Waals surface area contributed by atoms with Gasteiger partial charge in [-0.15, -0.1) is 0 Å². The van der Waals surface area contributed by atoms with Crippen LogP contribution in [0.1, 0.15) is 87.2 Å². The molecule has 0 unspecified atom stereocenters. The largest absolute Gasteiger partial charge is 0.0581 e. The highest BCUT2D eigenvalue weighted by Gasteiger charge is 2.16. The van der Waals surface area contributed by atoms with Crippen LogP contribution in [0.25, 0.3) is 43.8 Å². The van der Waals surface area contributed by atoms with Gasteiger partial charge >= 0.3 is 0 Å². The Bertz CT molecular complexity index is 1420. The molecule has 0 heterocycles. The number of rotatable bonds is 4. The van der Waals surface area contributed by atoms with Gasteiger partial charge in [-0.1, -0.05) is 111 Å². The summed E-state index contributed by atoms with van der Waals surface area (Å²) in [6.45, 7) is 0. The van der Waals surface area contributed by atoms with Crippen LogP contribution in [0.3, 0.4) is 0 Å². The molecule has 2 aliphatic rings. The third kappa shape index (κ3) is 4.78. The van der Waals surface area contributed by atoms with Gasteiger partial charge in [-0.2, -0.15) is 0 Å². The second-order valence-electron chi connectivity index (χ2n) is 11.9. The van der Waals surface area contributed by atoms with Crippen LogP contribution in [0.5, 0.6) is 0 Å². The van der Waals surface area contributed by atoms with Crippen LogP contribution in [0, 0.1) is 0 Å². The van der Waals surface area contributed by atoms with Crippen molar-refractivity contribution in [1.29, 1.82) is 0 Å². The van der Waals surface area contributed by atoms with Crippen LogP contribution in [0.4, 0.5) is 0 Å². The average Bonchev–Trinajstić information content (AvgIpc) is 3.00. The van der Waals surface area contributed by atoms with E-state index < -0.39 is 0 Å². The van der Waals surface area contributed by atoms with Crippen molar-refractivity contribution in [3.63, 3.8) is 0 Å². The van der Waals surface area contributed by atoms with Crippen LogP contribution in [-0.2, 0) is 0 Å². The Labute approximate surface area is 227 Å². The molecular formula is C38H38. The van der Waals surface area contributed by atoms with Gasteiger partial charge < -0.3 is 0 Å². The van der Waals surface area contributed by atoms with E-state index in [1.807, 2.05) is 0 Å². The van der Waals surface area contributed by atoms with Gasteiger partial charge in [0.25, 0.3) is 0 Å². The molecular weight excluding hydrogens is 456 g/mol. The minimum atomic E-state index is 0.764. The Hall–Kier alpha value is -3.38. The summed E-state index contributed by atoms with van der Waals surface area (Å²) in [6, 6.07) is 37.4. The maximum Gasteiger partial charge on any atom is -0.0162 e. The van der Waals surface area contributed by atoms with E-state index in [0.717, 1.165) is 11.8 Å². The first-order chi connectivity index (χ1) is 18.8. The second-order valence-corrected chi connectivity index (χ2v) is 11.9. The van der Waals surface area contributed by atoms with Crippen LogP contribution < -0.4 is 0 Å². The summed E-state index contributed by atoms with van der Waals surface area (Å²) in [7, 11) is 0. The highest BCUT2D eigenvalue weighted by atomic mass is 14.2. The molecule has 5 aromatic rings. The topological polar surface area (TPSA) is 0 Å². The Morgan fingerprint density at radius 3 is 1.08 bits per heavy atom. The Balaban J connectivity index is 1.14. The average molecular weight is 495 g/mol. The summed E-state index contributed by atoms with van der Waals surface area (Å²) in [5, 5.41) is 5.25. The number of fused-ring (bicyclic) bond motifs is 2. The van der Waals surface area contributed by atoms with Gasteiger partial charge in [-0.25, -0.2) is 0 Å². The third-order valence-corrected chi connectivity index (χ3v) is 9.44. The molecule has 5 aromatic carbocycles. The smallest absolute Gasteiger partial charge is 0.0162 e.